The molecule has 1 aliphatic heterocycles. The molecule has 2 rings (SSSR count). The number of thiophene rings is 1. The van der Waals surface area contributed by atoms with Gasteiger partial charge >= 0.3 is 0 Å². The number of hydrogen-bond acceptors (Lipinski definition) is 5. The first kappa shape index (κ1) is 13.1. The van der Waals surface area contributed by atoms with Crippen LogP contribution in [0.4, 0.5) is 0 Å². The van der Waals surface area contributed by atoms with E-state index in [0.29, 0.717) is 5.92 Å². The van der Waals surface area contributed by atoms with E-state index in [0.717, 1.165) is 37.0 Å². The summed E-state index contributed by atoms with van der Waals surface area (Å²) in [5.41, 5.74) is 5.45. The molecule has 1 aromatic heterocycles. The van der Waals surface area contributed by atoms with Crippen molar-refractivity contribution in [3.63, 3.8) is 0 Å². The second kappa shape index (κ2) is 7.13. The fourth-order valence-corrected chi connectivity index (χ4v) is 3.20. The minimum Gasteiger partial charge on any atom is -0.488 e. The molecule has 0 fully saturated rings. The van der Waals surface area contributed by atoms with Crippen LogP contribution in [0.1, 0.15) is 12.8 Å². The lowest BCUT2D eigenvalue weighted by atomic mass is 10.1. The summed E-state index contributed by atoms with van der Waals surface area (Å²) in [7, 11) is 0. The van der Waals surface area contributed by atoms with Crippen molar-refractivity contribution in [3.8, 4) is 11.5 Å². The van der Waals surface area contributed by atoms with Crippen LogP contribution >= 0.6 is 23.1 Å². The zero-order valence-electron chi connectivity index (χ0n) is 9.89. The van der Waals surface area contributed by atoms with Crippen LogP contribution in [0.2, 0.25) is 0 Å². The van der Waals surface area contributed by atoms with Gasteiger partial charge < -0.3 is 15.2 Å². The molecule has 0 spiro atoms. The molecule has 2 N–H and O–H groups in total. The predicted octanol–water partition coefficient (Wildman–Crippen LogP) is 2.61. The van der Waals surface area contributed by atoms with Crippen molar-refractivity contribution in [2.24, 2.45) is 11.7 Å². The van der Waals surface area contributed by atoms with Gasteiger partial charge in [0.1, 0.15) is 0 Å². The molecule has 1 aromatic rings. The van der Waals surface area contributed by atoms with Crippen molar-refractivity contribution in [1.82, 2.24) is 0 Å². The lowest BCUT2D eigenvalue weighted by molar-refractivity contribution is 0.205. The van der Waals surface area contributed by atoms with Crippen molar-refractivity contribution in [1.29, 1.82) is 0 Å². The van der Waals surface area contributed by atoms with Gasteiger partial charge in [-0.1, -0.05) is 0 Å². The Kier molecular flexibility index (Phi) is 5.48. The zero-order valence-corrected chi connectivity index (χ0v) is 11.5. The van der Waals surface area contributed by atoms with Gasteiger partial charge in [0, 0.05) is 29.0 Å². The van der Waals surface area contributed by atoms with Gasteiger partial charge in [0.05, 0.1) is 13.2 Å². The average molecular weight is 273 g/mol. The third kappa shape index (κ3) is 4.08. The van der Waals surface area contributed by atoms with Gasteiger partial charge in [-0.15, -0.1) is 11.3 Å². The van der Waals surface area contributed by atoms with E-state index >= 15 is 0 Å². The minimum absolute atomic E-state index is 0.519. The first-order valence-electron chi connectivity index (χ1n) is 5.99. The molecule has 1 aliphatic rings. The normalized spacial score (nSPS) is 15.8. The topological polar surface area (TPSA) is 44.5 Å². The summed E-state index contributed by atoms with van der Waals surface area (Å²) in [6, 6.07) is 0. The van der Waals surface area contributed by atoms with E-state index in [2.05, 4.69) is 0 Å². The molecule has 0 aromatic carbocycles. The Labute approximate surface area is 111 Å². The summed E-state index contributed by atoms with van der Waals surface area (Å²) in [4.78, 5) is 0. The van der Waals surface area contributed by atoms with E-state index < -0.39 is 0 Å². The maximum atomic E-state index is 5.74. The van der Waals surface area contributed by atoms with E-state index in [4.69, 9.17) is 15.2 Å². The van der Waals surface area contributed by atoms with Gasteiger partial charge in [0.25, 0.3) is 0 Å². The number of rotatable bonds is 6. The lowest BCUT2D eigenvalue weighted by Gasteiger charge is -2.12. The van der Waals surface area contributed by atoms with Gasteiger partial charge in [0.15, 0.2) is 11.5 Å². The van der Waals surface area contributed by atoms with Gasteiger partial charge in [-0.3, -0.25) is 0 Å². The summed E-state index contributed by atoms with van der Waals surface area (Å²) < 4.78 is 11.5. The summed E-state index contributed by atoms with van der Waals surface area (Å²) in [5.74, 6) is 4.60. The lowest BCUT2D eigenvalue weighted by Crippen LogP contribution is -2.17. The standard InChI is InChI=1S/C12H19NO2S2/c13-3-5-16-4-1-2-10-6-14-11-8-17-9-12(11)15-7-10/h8-10H,1-7,13H2. The Hall–Kier alpha value is -0.390. The van der Waals surface area contributed by atoms with E-state index in [9.17, 15) is 0 Å². The molecular formula is C12H19NO2S2. The van der Waals surface area contributed by atoms with Crippen LogP contribution in [0.5, 0.6) is 11.5 Å². The number of thioether (sulfide) groups is 1. The number of ether oxygens (including phenoxy) is 2. The van der Waals surface area contributed by atoms with E-state index in [1.165, 1.54) is 18.6 Å². The fourth-order valence-electron chi connectivity index (χ4n) is 1.77. The highest BCUT2D eigenvalue weighted by atomic mass is 32.2. The molecule has 3 nitrogen and oxygen atoms in total. The molecule has 0 amide bonds. The minimum atomic E-state index is 0.519. The zero-order chi connectivity index (χ0) is 11.9. The van der Waals surface area contributed by atoms with Crippen LogP contribution in [0.3, 0.4) is 0 Å². The summed E-state index contributed by atoms with van der Waals surface area (Å²) in [6.45, 7) is 2.34. The summed E-state index contributed by atoms with van der Waals surface area (Å²) >= 11 is 3.56. The average Bonchev–Trinajstić information content (AvgIpc) is 2.71. The second-order valence-electron chi connectivity index (χ2n) is 4.13. The molecular weight excluding hydrogens is 254 g/mol. The molecule has 0 saturated heterocycles. The molecule has 0 aliphatic carbocycles. The number of nitrogens with two attached hydrogens (primary N) is 1. The maximum Gasteiger partial charge on any atom is 0.171 e. The molecule has 0 saturated carbocycles. The van der Waals surface area contributed by atoms with Crippen molar-refractivity contribution in [2.45, 2.75) is 12.8 Å². The smallest absolute Gasteiger partial charge is 0.171 e. The predicted molar refractivity (Wildman–Crippen MR) is 74.4 cm³/mol. The Morgan fingerprint density at radius 2 is 1.94 bits per heavy atom. The third-order valence-electron chi connectivity index (χ3n) is 2.71. The van der Waals surface area contributed by atoms with Crippen molar-refractivity contribution in [3.05, 3.63) is 10.8 Å². The highest BCUT2D eigenvalue weighted by Gasteiger charge is 2.18. The SMILES string of the molecule is NCCSCCCC1COc2cscc2OC1. The largest absolute Gasteiger partial charge is 0.488 e. The van der Waals surface area contributed by atoms with Crippen molar-refractivity contribution >= 4 is 23.1 Å². The van der Waals surface area contributed by atoms with Gasteiger partial charge in [-0.2, -0.15) is 11.8 Å². The van der Waals surface area contributed by atoms with Gasteiger partial charge in [0.2, 0.25) is 0 Å². The Bertz CT molecular complexity index is 308. The molecule has 0 unspecified atom stereocenters. The van der Waals surface area contributed by atoms with Crippen LogP contribution in [0.15, 0.2) is 10.8 Å². The Balaban J connectivity index is 1.65. The van der Waals surface area contributed by atoms with Crippen LogP contribution in [0, 0.1) is 5.92 Å². The van der Waals surface area contributed by atoms with Crippen LogP contribution < -0.4 is 15.2 Å². The van der Waals surface area contributed by atoms with Crippen LogP contribution in [-0.4, -0.2) is 31.3 Å². The van der Waals surface area contributed by atoms with Gasteiger partial charge in [-0.05, 0) is 18.6 Å². The first-order chi connectivity index (χ1) is 8.40. The molecule has 0 atom stereocenters. The second-order valence-corrected chi connectivity index (χ2v) is 6.10. The highest BCUT2D eigenvalue weighted by Crippen LogP contribution is 2.34. The molecule has 5 heteroatoms. The van der Waals surface area contributed by atoms with Crippen LogP contribution in [0.25, 0.3) is 0 Å². The third-order valence-corrected chi connectivity index (χ3v) is 4.51. The van der Waals surface area contributed by atoms with E-state index in [1.54, 1.807) is 11.3 Å². The monoisotopic (exact) mass is 273 g/mol. The Morgan fingerprint density at radius 3 is 2.59 bits per heavy atom. The van der Waals surface area contributed by atoms with Gasteiger partial charge in [-0.25, -0.2) is 0 Å². The molecule has 96 valence electrons. The Morgan fingerprint density at radius 1 is 1.24 bits per heavy atom. The van der Waals surface area contributed by atoms with Crippen molar-refractivity contribution < 1.29 is 9.47 Å². The maximum absolute atomic E-state index is 5.74. The van der Waals surface area contributed by atoms with Crippen LogP contribution in [-0.2, 0) is 0 Å². The number of fused-ring (bicyclic) bond motifs is 1. The molecule has 2 heterocycles. The summed E-state index contributed by atoms with van der Waals surface area (Å²) in [6.07, 6.45) is 2.39. The van der Waals surface area contributed by atoms with Crippen molar-refractivity contribution in [2.75, 3.05) is 31.3 Å². The number of hydrogen-bond donors (Lipinski definition) is 1. The molecule has 17 heavy (non-hydrogen) atoms. The fraction of sp³-hybridized carbons (Fsp3) is 0.667. The van der Waals surface area contributed by atoms with E-state index in [1.807, 2.05) is 22.5 Å². The quantitative estimate of drug-likeness (QED) is 0.809. The van der Waals surface area contributed by atoms with E-state index in [-0.39, 0.29) is 0 Å². The molecule has 0 bridgehead atoms. The summed E-state index contributed by atoms with van der Waals surface area (Å²) in [5, 5.41) is 4.02. The first-order valence-corrected chi connectivity index (χ1v) is 8.09. The highest BCUT2D eigenvalue weighted by molar-refractivity contribution is 7.99. The molecule has 0 radical (unpaired) electrons.